The Bertz CT molecular complexity index is 775. The molecule has 1 aliphatic heterocycles. The van der Waals surface area contributed by atoms with E-state index in [2.05, 4.69) is 27.6 Å². The lowest BCUT2D eigenvalue weighted by Crippen LogP contribution is -2.41. The maximum absolute atomic E-state index is 12.4. The molecule has 2 amide bonds. The van der Waals surface area contributed by atoms with Crippen molar-refractivity contribution in [1.29, 1.82) is 0 Å². The second-order valence-electron chi connectivity index (χ2n) is 6.46. The van der Waals surface area contributed by atoms with Crippen LogP contribution in [0.4, 0.5) is 5.82 Å². The number of nitrogen functional groups attached to an aromatic ring is 1. The van der Waals surface area contributed by atoms with Gasteiger partial charge in [-0.05, 0) is 24.0 Å². The van der Waals surface area contributed by atoms with E-state index in [-0.39, 0.29) is 29.7 Å². The number of hydrogen-bond donors (Lipinski definition) is 3. The van der Waals surface area contributed by atoms with Crippen LogP contribution in [0.5, 0.6) is 0 Å². The van der Waals surface area contributed by atoms with Crippen molar-refractivity contribution in [2.75, 3.05) is 12.3 Å². The number of aromatic nitrogens is 2. The largest absolute Gasteiger partial charge is 0.382 e. The molecule has 0 radical (unpaired) electrons. The molecule has 4 N–H and O–H groups in total. The fourth-order valence-corrected chi connectivity index (χ4v) is 3.65. The van der Waals surface area contributed by atoms with E-state index in [9.17, 15) is 9.59 Å². The molecule has 4 rings (SSSR count). The number of rotatable bonds is 3. The number of nitrogens with two attached hydrogens (primary N) is 1. The minimum absolute atomic E-state index is 0.0993. The van der Waals surface area contributed by atoms with Gasteiger partial charge >= 0.3 is 0 Å². The van der Waals surface area contributed by atoms with Gasteiger partial charge in [-0.15, -0.1) is 0 Å². The summed E-state index contributed by atoms with van der Waals surface area (Å²) in [4.78, 5) is 26.4. The van der Waals surface area contributed by atoms with Gasteiger partial charge in [-0.3, -0.25) is 14.7 Å². The molecule has 0 spiro atoms. The molecule has 7 nitrogen and oxygen atoms in total. The zero-order valence-electron chi connectivity index (χ0n) is 13.2. The number of benzene rings is 1. The number of anilines is 1. The average molecular weight is 325 g/mol. The van der Waals surface area contributed by atoms with Crippen LogP contribution in [-0.2, 0) is 17.6 Å². The van der Waals surface area contributed by atoms with Crippen molar-refractivity contribution < 1.29 is 9.59 Å². The van der Waals surface area contributed by atoms with Gasteiger partial charge in [0.15, 0.2) is 0 Å². The molecule has 2 heterocycles. The molecule has 1 saturated heterocycles. The molecule has 7 heteroatoms. The van der Waals surface area contributed by atoms with Crippen LogP contribution in [0.2, 0.25) is 0 Å². The molecule has 1 fully saturated rings. The van der Waals surface area contributed by atoms with Crippen molar-refractivity contribution >= 4 is 17.6 Å². The van der Waals surface area contributed by atoms with Crippen LogP contribution in [0.3, 0.4) is 0 Å². The number of fused-ring (bicyclic) bond motifs is 1. The summed E-state index contributed by atoms with van der Waals surface area (Å²) < 4.78 is 0. The number of H-pyrrole nitrogens is 1. The third kappa shape index (κ3) is 2.62. The Hall–Kier alpha value is -2.83. The first-order chi connectivity index (χ1) is 11.6. The van der Waals surface area contributed by atoms with Gasteiger partial charge in [-0.2, -0.15) is 5.10 Å². The molecule has 0 bridgehead atoms. The molecule has 1 aliphatic carbocycles. The quantitative estimate of drug-likeness (QED) is 0.764. The third-order valence-corrected chi connectivity index (χ3v) is 4.81. The van der Waals surface area contributed by atoms with Crippen LogP contribution in [-0.4, -0.2) is 45.5 Å². The van der Waals surface area contributed by atoms with Crippen LogP contribution in [0.25, 0.3) is 0 Å². The van der Waals surface area contributed by atoms with Crippen molar-refractivity contribution in [1.82, 2.24) is 20.4 Å². The predicted octanol–water partition coefficient (Wildman–Crippen LogP) is 0.490. The van der Waals surface area contributed by atoms with Gasteiger partial charge in [0.1, 0.15) is 11.5 Å². The zero-order valence-corrected chi connectivity index (χ0v) is 13.2. The van der Waals surface area contributed by atoms with Crippen LogP contribution >= 0.6 is 0 Å². The van der Waals surface area contributed by atoms with Gasteiger partial charge < -0.3 is 16.0 Å². The fraction of sp³-hybridized carbons (Fsp3) is 0.353. The smallest absolute Gasteiger partial charge is 0.269 e. The van der Waals surface area contributed by atoms with E-state index in [1.165, 1.54) is 17.2 Å². The van der Waals surface area contributed by atoms with Crippen LogP contribution in [0.15, 0.2) is 30.3 Å². The Morgan fingerprint density at radius 3 is 2.58 bits per heavy atom. The molecular formula is C17H19N5O2. The SMILES string of the molecule is Nc1cc(C(=O)NC2CC(=O)N(C3Cc4ccccc4C3)C2)[nH]n1. The number of amides is 2. The summed E-state index contributed by atoms with van der Waals surface area (Å²) in [5.74, 6) is 0.0868. The summed E-state index contributed by atoms with van der Waals surface area (Å²) in [6.07, 6.45) is 2.11. The maximum atomic E-state index is 12.4. The summed E-state index contributed by atoms with van der Waals surface area (Å²) in [7, 11) is 0. The Kier molecular flexibility index (Phi) is 3.48. The first kappa shape index (κ1) is 14.7. The van der Waals surface area contributed by atoms with Gasteiger partial charge in [0, 0.05) is 25.1 Å². The number of hydrogen-bond acceptors (Lipinski definition) is 4. The average Bonchev–Trinajstić information content (AvgIpc) is 3.25. The first-order valence-electron chi connectivity index (χ1n) is 8.08. The molecule has 1 unspecified atom stereocenters. The fourth-order valence-electron chi connectivity index (χ4n) is 3.65. The van der Waals surface area contributed by atoms with Crippen molar-refractivity contribution in [2.45, 2.75) is 31.3 Å². The number of likely N-dealkylation sites (tertiary alicyclic amines) is 1. The van der Waals surface area contributed by atoms with Gasteiger partial charge in [-0.1, -0.05) is 24.3 Å². The number of carbonyl (C=O) groups excluding carboxylic acids is 2. The topological polar surface area (TPSA) is 104 Å². The van der Waals surface area contributed by atoms with E-state index in [0.29, 0.717) is 18.7 Å². The van der Waals surface area contributed by atoms with Gasteiger partial charge in [0.05, 0.1) is 6.04 Å². The Labute approximate surface area is 139 Å². The van der Waals surface area contributed by atoms with E-state index in [4.69, 9.17) is 5.73 Å². The van der Waals surface area contributed by atoms with E-state index in [1.54, 1.807) is 0 Å². The number of carbonyl (C=O) groups is 2. The number of nitrogens with zero attached hydrogens (tertiary/aromatic N) is 2. The molecular weight excluding hydrogens is 306 g/mol. The Balaban J connectivity index is 1.40. The molecule has 2 aliphatic rings. The molecule has 1 aromatic heterocycles. The van der Waals surface area contributed by atoms with Crippen LogP contribution in [0.1, 0.15) is 28.0 Å². The van der Waals surface area contributed by atoms with Crippen molar-refractivity contribution in [2.24, 2.45) is 0 Å². The number of aromatic amines is 1. The lowest BCUT2D eigenvalue weighted by Gasteiger charge is -2.24. The lowest BCUT2D eigenvalue weighted by molar-refractivity contribution is -0.129. The third-order valence-electron chi connectivity index (χ3n) is 4.81. The minimum atomic E-state index is -0.284. The number of nitrogens with one attached hydrogen (secondary N) is 2. The van der Waals surface area contributed by atoms with Crippen molar-refractivity contribution in [3.05, 3.63) is 47.2 Å². The lowest BCUT2D eigenvalue weighted by atomic mass is 10.1. The van der Waals surface area contributed by atoms with Gasteiger partial charge in [0.25, 0.3) is 5.91 Å². The highest BCUT2D eigenvalue weighted by Crippen LogP contribution is 2.28. The summed E-state index contributed by atoms with van der Waals surface area (Å²) in [5.41, 5.74) is 8.45. The summed E-state index contributed by atoms with van der Waals surface area (Å²) in [6, 6.07) is 9.81. The van der Waals surface area contributed by atoms with Gasteiger partial charge in [-0.25, -0.2) is 0 Å². The summed E-state index contributed by atoms with van der Waals surface area (Å²) in [6.45, 7) is 0.548. The van der Waals surface area contributed by atoms with Gasteiger partial charge in [0.2, 0.25) is 5.91 Å². The predicted molar refractivity (Wildman–Crippen MR) is 88.2 cm³/mol. The molecule has 1 atom stereocenters. The normalized spacial score (nSPS) is 20.4. The first-order valence-corrected chi connectivity index (χ1v) is 8.08. The monoisotopic (exact) mass is 325 g/mol. The van der Waals surface area contributed by atoms with Crippen LogP contribution < -0.4 is 11.1 Å². The zero-order chi connectivity index (χ0) is 16.7. The molecule has 0 saturated carbocycles. The molecule has 124 valence electrons. The Morgan fingerprint density at radius 1 is 1.25 bits per heavy atom. The maximum Gasteiger partial charge on any atom is 0.269 e. The van der Waals surface area contributed by atoms with E-state index in [0.717, 1.165) is 12.8 Å². The van der Waals surface area contributed by atoms with Crippen molar-refractivity contribution in [3.63, 3.8) is 0 Å². The molecule has 1 aromatic carbocycles. The van der Waals surface area contributed by atoms with Crippen molar-refractivity contribution in [3.8, 4) is 0 Å². The van der Waals surface area contributed by atoms with Crippen LogP contribution in [0, 0.1) is 0 Å². The van der Waals surface area contributed by atoms with E-state index < -0.39 is 0 Å². The van der Waals surface area contributed by atoms with E-state index >= 15 is 0 Å². The highest BCUT2D eigenvalue weighted by atomic mass is 16.2. The molecule has 24 heavy (non-hydrogen) atoms. The standard InChI is InChI=1S/C17H19N5O2/c18-15-8-14(20-21-15)17(24)19-12-7-16(23)22(9-12)13-5-10-3-1-2-4-11(10)6-13/h1-4,8,12-13H,5-7,9H2,(H,19,24)(H3,18,20,21). The minimum Gasteiger partial charge on any atom is -0.382 e. The second-order valence-corrected chi connectivity index (χ2v) is 6.46. The summed E-state index contributed by atoms with van der Waals surface area (Å²) in [5, 5.41) is 9.21. The van der Waals surface area contributed by atoms with E-state index in [1.807, 2.05) is 17.0 Å². The second kappa shape index (κ2) is 5.67. The summed E-state index contributed by atoms with van der Waals surface area (Å²) >= 11 is 0. The Morgan fingerprint density at radius 2 is 1.96 bits per heavy atom. The highest BCUT2D eigenvalue weighted by molar-refractivity contribution is 5.94. The molecule has 2 aromatic rings. The highest BCUT2D eigenvalue weighted by Gasteiger charge is 2.37.